The Labute approximate surface area is 136 Å². The molecular formula is C15H23N3O4S. The van der Waals surface area contributed by atoms with Gasteiger partial charge in [0.25, 0.3) is 0 Å². The highest BCUT2D eigenvalue weighted by atomic mass is 32.2. The van der Waals surface area contributed by atoms with Crippen molar-refractivity contribution in [2.75, 3.05) is 6.54 Å². The topological polar surface area (TPSA) is 92.5 Å². The van der Waals surface area contributed by atoms with Gasteiger partial charge in [0.15, 0.2) is 0 Å². The third-order valence-corrected chi connectivity index (χ3v) is 6.53. The lowest BCUT2D eigenvalue weighted by molar-refractivity contribution is -0.128. The summed E-state index contributed by atoms with van der Waals surface area (Å²) in [4.78, 5) is 13.7. The number of aryl methyl sites for hydroxylation is 2. The molecule has 7 nitrogen and oxygen atoms in total. The van der Waals surface area contributed by atoms with Crippen LogP contribution in [0.5, 0.6) is 0 Å². The van der Waals surface area contributed by atoms with Crippen molar-refractivity contribution in [2.24, 2.45) is 0 Å². The van der Waals surface area contributed by atoms with E-state index in [-0.39, 0.29) is 24.4 Å². The van der Waals surface area contributed by atoms with Gasteiger partial charge >= 0.3 is 0 Å². The average Bonchev–Trinajstić information content (AvgIpc) is 3.16. The van der Waals surface area contributed by atoms with E-state index in [9.17, 15) is 13.2 Å². The number of nitrogens with one attached hydrogen (secondary N) is 1. The van der Waals surface area contributed by atoms with Gasteiger partial charge in [-0.15, -0.1) is 0 Å². The van der Waals surface area contributed by atoms with Gasteiger partial charge in [0.05, 0.1) is 5.69 Å². The molecule has 3 rings (SSSR count). The van der Waals surface area contributed by atoms with Gasteiger partial charge < -0.3 is 9.42 Å². The minimum Gasteiger partial charge on any atom is -0.361 e. The van der Waals surface area contributed by atoms with Gasteiger partial charge in [-0.25, -0.2) is 13.1 Å². The highest BCUT2D eigenvalue weighted by Gasteiger charge is 2.44. The minimum atomic E-state index is -3.52. The van der Waals surface area contributed by atoms with E-state index in [1.807, 2.05) is 20.8 Å². The number of rotatable bonds is 6. The van der Waals surface area contributed by atoms with Crippen molar-refractivity contribution in [1.29, 1.82) is 0 Å². The summed E-state index contributed by atoms with van der Waals surface area (Å²) < 4.78 is 32.9. The molecule has 1 aliphatic carbocycles. The van der Waals surface area contributed by atoms with Gasteiger partial charge in [-0.2, -0.15) is 0 Å². The Bertz CT molecular complexity index is 689. The molecule has 0 radical (unpaired) electrons. The van der Waals surface area contributed by atoms with Crippen molar-refractivity contribution in [1.82, 2.24) is 14.8 Å². The molecule has 2 fully saturated rings. The number of amides is 1. The van der Waals surface area contributed by atoms with Crippen LogP contribution in [0.25, 0.3) is 0 Å². The molecule has 0 unspecified atom stereocenters. The van der Waals surface area contributed by atoms with Gasteiger partial charge in [0.2, 0.25) is 15.9 Å². The first kappa shape index (κ1) is 16.4. The van der Waals surface area contributed by atoms with E-state index in [4.69, 9.17) is 4.52 Å². The van der Waals surface area contributed by atoms with Crippen molar-refractivity contribution >= 4 is 15.9 Å². The molecule has 1 aliphatic heterocycles. The molecule has 0 aromatic carbocycles. The SMILES string of the molecule is Cc1noc(C)c1C[C@H](C)NS(=O)(=O)[C@H]1CC(=O)N(C2CC2)C1. The van der Waals surface area contributed by atoms with Crippen LogP contribution >= 0.6 is 0 Å². The first-order valence-corrected chi connectivity index (χ1v) is 9.55. The molecular weight excluding hydrogens is 318 g/mol. The Morgan fingerprint density at radius 1 is 1.39 bits per heavy atom. The van der Waals surface area contributed by atoms with E-state index in [0.29, 0.717) is 18.7 Å². The first-order valence-electron chi connectivity index (χ1n) is 8.00. The quantitative estimate of drug-likeness (QED) is 0.830. The van der Waals surface area contributed by atoms with Crippen molar-refractivity contribution in [3.63, 3.8) is 0 Å². The van der Waals surface area contributed by atoms with E-state index in [1.54, 1.807) is 4.90 Å². The van der Waals surface area contributed by atoms with Crippen LogP contribution in [0.3, 0.4) is 0 Å². The molecule has 1 aromatic rings. The van der Waals surface area contributed by atoms with Crippen LogP contribution in [0.15, 0.2) is 4.52 Å². The van der Waals surface area contributed by atoms with E-state index in [2.05, 4.69) is 9.88 Å². The smallest absolute Gasteiger partial charge is 0.224 e. The number of carbonyl (C=O) groups excluding carboxylic acids is 1. The van der Waals surface area contributed by atoms with E-state index in [0.717, 1.165) is 24.1 Å². The van der Waals surface area contributed by atoms with Crippen molar-refractivity contribution in [2.45, 2.75) is 63.8 Å². The highest BCUT2D eigenvalue weighted by Crippen LogP contribution is 2.32. The summed E-state index contributed by atoms with van der Waals surface area (Å²) in [5.74, 6) is 0.672. The van der Waals surface area contributed by atoms with Crippen molar-refractivity contribution in [3.05, 3.63) is 17.0 Å². The lowest BCUT2D eigenvalue weighted by Crippen LogP contribution is -2.42. The summed E-state index contributed by atoms with van der Waals surface area (Å²) in [7, 11) is -3.52. The monoisotopic (exact) mass is 341 g/mol. The van der Waals surface area contributed by atoms with E-state index in [1.165, 1.54) is 0 Å². The molecule has 2 aliphatic rings. The standard InChI is InChI=1S/C15H23N3O4S/c1-9(6-14-10(2)16-22-11(14)3)17-23(20,21)13-7-15(19)18(8-13)12-4-5-12/h9,12-13,17H,4-8H2,1-3H3/t9-,13-/m0/s1. The van der Waals surface area contributed by atoms with E-state index < -0.39 is 15.3 Å². The van der Waals surface area contributed by atoms with Crippen LogP contribution < -0.4 is 4.72 Å². The molecule has 1 N–H and O–H groups in total. The fraction of sp³-hybridized carbons (Fsp3) is 0.733. The lowest BCUT2D eigenvalue weighted by atomic mass is 10.1. The highest BCUT2D eigenvalue weighted by molar-refractivity contribution is 7.90. The summed E-state index contributed by atoms with van der Waals surface area (Å²) in [6.07, 6.45) is 2.60. The number of carbonyl (C=O) groups is 1. The fourth-order valence-electron chi connectivity index (χ4n) is 3.16. The maximum Gasteiger partial charge on any atom is 0.224 e. The molecule has 1 amide bonds. The minimum absolute atomic E-state index is 0.0405. The van der Waals surface area contributed by atoms with Crippen LogP contribution in [0, 0.1) is 13.8 Å². The number of sulfonamides is 1. The Kier molecular flexibility index (Phi) is 4.22. The van der Waals surface area contributed by atoms with E-state index >= 15 is 0 Å². The van der Waals surface area contributed by atoms with Crippen molar-refractivity contribution in [3.8, 4) is 0 Å². The summed E-state index contributed by atoms with van der Waals surface area (Å²) in [6, 6.07) is -0.00990. The predicted octanol–water partition coefficient (Wildman–Crippen LogP) is 0.905. The van der Waals surface area contributed by atoms with Gasteiger partial charge in [-0.05, 0) is 40.0 Å². The summed E-state index contributed by atoms with van der Waals surface area (Å²) in [5.41, 5.74) is 1.71. The second-order valence-electron chi connectivity index (χ2n) is 6.67. The Morgan fingerprint density at radius 2 is 2.09 bits per heavy atom. The van der Waals surface area contributed by atoms with Gasteiger partial charge in [0.1, 0.15) is 11.0 Å². The number of hydrogen-bond acceptors (Lipinski definition) is 5. The first-order chi connectivity index (χ1) is 10.8. The number of likely N-dealkylation sites (tertiary alicyclic amines) is 1. The van der Waals surface area contributed by atoms with Crippen LogP contribution in [0.2, 0.25) is 0 Å². The molecule has 1 saturated carbocycles. The molecule has 2 heterocycles. The molecule has 8 heteroatoms. The molecule has 23 heavy (non-hydrogen) atoms. The number of nitrogens with zero attached hydrogens (tertiary/aromatic N) is 2. The third kappa shape index (κ3) is 3.42. The maximum atomic E-state index is 12.5. The largest absolute Gasteiger partial charge is 0.361 e. The number of hydrogen-bond donors (Lipinski definition) is 1. The second kappa shape index (κ2) is 5.90. The summed E-state index contributed by atoms with van der Waals surface area (Å²) >= 11 is 0. The molecule has 1 saturated heterocycles. The Balaban J connectivity index is 1.63. The van der Waals surface area contributed by atoms with Gasteiger partial charge in [-0.1, -0.05) is 5.16 Å². The predicted molar refractivity (Wildman–Crippen MR) is 84.3 cm³/mol. The maximum absolute atomic E-state index is 12.5. The Hall–Kier alpha value is -1.41. The fourth-order valence-corrected chi connectivity index (χ4v) is 4.72. The van der Waals surface area contributed by atoms with Gasteiger partial charge in [0, 0.05) is 30.6 Å². The van der Waals surface area contributed by atoms with Crippen molar-refractivity contribution < 1.29 is 17.7 Å². The lowest BCUT2D eigenvalue weighted by Gasteiger charge is -2.19. The Morgan fingerprint density at radius 3 is 2.65 bits per heavy atom. The molecule has 0 bridgehead atoms. The van der Waals surface area contributed by atoms with Gasteiger partial charge in [-0.3, -0.25) is 4.79 Å². The van der Waals surface area contributed by atoms with Crippen LogP contribution in [0.4, 0.5) is 0 Å². The summed E-state index contributed by atoms with van der Waals surface area (Å²) in [5, 5.41) is 3.24. The zero-order valence-electron chi connectivity index (χ0n) is 13.7. The molecule has 1 aromatic heterocycles. The molecule has 2 atom stereocenters. The molecule has 0 spiro atoms. The van der Waals surface area contributed by atoms with Crippen LogP contribution in [0.1, 0.15) is 43.2 Å². The molecule has 128 valence electrons. The number of aromatic nitrogens is 1. The van der Waals surface area contributed by atoms with Crippen LogP contribution in [-0.4, -0.2) is 48.3 Å². The third-order valence-electron chi connectivity index (χ3n) is 4.61. The summed E-state index contributed by atoms with van der Waals surface area (Å²) in [6.45, 7) is 5.80. The zero-order chi connectivity index (χ0) is 16.8. The zero-order valence-corrected chi connectivity index (χ0v) is 14.5. The van der Waals surface area contributed by atoms with Crippen LogP contribution in [-0.2, 0) is 21.2 Å². The second-order valence-corrected chi connectivity index (χ2v) is 8.67. The normalized spacial score (nSPS) is 23.5. The average molecular weight is 341 g/mol.